The zero-order valence-electron chi connectivity index (χ0n) is 16.2. The van der Waals surface area contributed by atoms with E-state index >= 15 is 0 Å². The Kier molecular flexibility index (Phi) is 4.65. The van der Waals surface area contributed by atoms with Gasteiger partial charge in [0.05, 0.1) is 0 Å². The molecule has 1 aliphatic rings. The first-order valence-corrected chi connectivity index (χ1v) is 9.62. The Balaban J connectivity index is 1.48. The van der Waals surface area contributed by atoms with Crippen LogP contribution in [0.15, 0.2) is 42.5 Å². The van der Waals surface area contributed by atoms with Crippen LogP contribution in [0.4, 0.5) is 0 Å². The highest BCUT2D eigenvalue weighted by atomic mass is 16.5. The number of hydrogen-bond acceptors (Lipinski definition) is 2. The number of ether oxygens (including phenoxy) is 1. The molecule has 2 heterocycles. The minimum absolute atomic E-state index is 0.0437. The lowest BCUT2D eigenvalue weighted by Crippen LogP contribution is -2.38. The number of H-pyrrole nitrogens is 1. The highest BCUT2D eigenvalue weighted by Crippen LogP contribution is 2.29. The molecule has 0 spiro atoms. The zero-order valence-corrected chi connectivity index (χ0v) is 16.2. The molecule has 0 atom stereocenters. The van der Waals surface area contributed by atoms with E-state index in [4.69, 9.17) is 4.74 Å². The van der Waals surface area contributed by atoms with Gasteiger partial charge in [-0.3, -0.25) is 4.79 Å². The Morgan fingerprint density at radius 2 is 2.04 bits per heavy atom. The molecule has 0 aliphatic carbocycles. The van der Waals surface area contributed by atoms with Crippen LogP contribution in [-0.4, -0.2) is 28.9 Å². The highest BCUT2D eigenvalue weighted by molar-refractivity contribution is 5.86. The monoisotopic (exact) mass is 362 g/mol. The Morgan fingerprint density at radius 3 is 2.85 bits per heavy atom. The molecular formula is C23H26N2O2. The normalized spacial score (nSPS) is 13.9. The van der Waals surface area contributed by atoms with Crippen LogP contribution in [0.2, 0.25) is 0 Å². The van der Waals surface area contributed by atoms with Crippen molar-refractivity contribution < 1.29 is 9.53 Å². The fourth-order valence-corrected chi connectivity index (χ4v) is 3.85. The Bertz CT molecular complexity index is 987. The minimum atomic E-state index is 0.0437. The van der Waals surface area contributed by atoms with Gasteiger partial charge in [0.2, 0.25) is 0 Å². The predicted molar refractivity (Wildman–Crippen MR) is 108 cm³/mol. The fraction of sp³-hybridized carbons (Fsp3) is 0.348. The maximum atomic E-state index is 12.8. The number of aryl methyl sites for hydroxylation is 1. The van der Waals surface area contributed by atoms with Gasteiger partial charge in [0.25, 0.3) is 5.91 Å². The molecule has 0 fully saturated rings. The van der Waals surface area contributed by atoms with E-state index in [-0.39, 0.29) is 12.5 Å². The van der Waals surface area contributed by atoms with Crippen LogP contribution in [0, 0.1) is 6.92 Å². The van der Waals surface area contributed by atoms with E-state index in [1.165, 1.54) is 16.6 Å². The summed E-state index contributed by atoms with van der Waals surface area (Å²) in [5.74, 6) is 1.23. The quantitative estimate of drug-likeness (QED) is 0.739. The first-order chi connectivity index (χ1) is 13.0. The van der Waals surface area contributed by atoms with Crippen LogP contribution in [-0.2, 0) is 17.8 Å². The molecule has 2 aromatic carbocycles. The Hall–Kier alpha value is -2.75. The van der Waals surface area contributed by atoms with Gasteiger partial charge in [-0.15, -0.1) is 0 Å². The summed E-state index contributed by atoms with van der Waals surface area (Å²) in [5, 5.41) is 1.21. The summed E-state index contributed by atoms with van der Waals surface area (Å²) in [6.07, 6.45) is 0.859. The molecule has 1 aromatic heterocycles. The maximum absolute atomic E-state index is 12.8. The second-order valence-electron chi connectivity index (χ2n) is 7.68. The first-order valence-electron chi connectivity index (χ1n) is 9.62. The second kappa shape index (κ2) is 7.10. The number of rotatable bonds is 4. The van der Waals surface area contributed by atoms with Gasteiger partial charge < -0.3 is 14.6 Å². The van der Waals surface area contributed by atoms with E-state index in [1.54, 1.807) is 0 Å². The van der Waals surface area contributed by atoms with Crippen LogP contribution in [0.5, 0.6) is 5.75 Å². The van der Waals surface area contributed by atoms with Crippen molar-refractivity contribution >= 4 is 16.8 Å². The lowest BCUT2D eigenvalue weighted by molar-refractivity contribution is -0.134. The van der Waals surface area contributed by atoms with Gasteiger partial charge >= 0.3 is 0 Å². The summed E-state index contributed by atoms with van der Waals surface area (Å²) in [5.41, 5.74) is 5.93. The zero-order chi connectivity index (χ0) is 19.0. The minimum Gasteiger partial charge on any atom is -0.483 e. The molecule has 3 aromatic rings. The number of aromatic nitrogens is 1. The molecular weight excluding hydrogens is 336 g/mol. The van der Waals surface area contributed by atoms with Gasteiger partial charge in [-0.1, -0.05) is 44.2 Å². The highest BCUT2D eigenvalue weighted by Gasteiger charge is 2.24. The molecule has 140 valence electrons. The summed E-state index contributed by atoms with van der Waals surface area (Å²) < 4.78 is 5.95. The maximum Gasteiger partial charge on any atom is 0.260 e. The van der Waals surface area contributed by atoms with Crippen molar-refractivity contribution in [3.8, 4) is 5.75 Å². The lowest BCUT2D eigenvalue weighted by Gasteiger charge is -2.27. The Morgan fingerprint density at radius 1 is 1.22 bits per heavy atom. The van der Waals surface area contributed by atoms with Gasteiger partial charge in [0.15, 0.2) is 6.61 Å². The molecule has 4 rings (SSSR count). The van der Waals surface area contributed by atoms with E-state index in [2.05, 4.69) is 43.1 Å². The van der Waals surface area contributed by atoms with Crippen LogP contribution in [0.1, 0.15) is 42.1 Å². The number of nitrogens with zero attached hydrogens (tertiary/aromatic N) is 1. The van der Waals surface area contributed by atoms with Crippen LogP contribution in [0.25, 0.3) is 10.9 Å². The molecule has 0 saturated carbocycles. The smallest absolute Gasteiger partial charge is 0.260 e. The summed E-state index contributed by atoms with van der Waals surface area (Å²) in [7, 11) is 0. The topological polar surface area (TPSA) is 45.3 Å². The molecule has 0 unspecified atom stereocenters. The molecule has 4 heteroatoms. The number of benzene rings is 2. The average Bonchev–Trinajstić information content (AvgIpc) is 3.03. The third-order valence-corrected chi connectivity index (χ3v) is 5.38. The van der Waals surface area contributed by atoms with E-state index in [0.717, 1.165) is 35.4 Å². The van der Waals surface area contributed by atoms with Crippen LogP contribution >= 0.6 is 0 Å². The van der Waals surface area contributed by atoms with E-state index in [9.17, 15) is 4.79 Å². The average molecular weight is 362 g/mol. The number of para-hydroxylation sites is 1. The van der Waals surface area contributed by atoms with Gasteiger partial charge in [-0.25, -0.2) is 0 Å². The van der Waals surface area contributed by atoms with E-state index in [1.807, 2.05) is 30.0 Å². The standard InChI is InChI=1S/C23H26N2O2/c1-15(2)17-9-8-16(3)12-22(17)27-14-23(26)25-11-10-21-19(13-25)18-6-4-5-7-20(18)24-21/h4-9,12,15,24H,10-11,13-14H2,1-3H3. The number of fused-ring (bicyclic) bond motifs is 3. The predicted octanol–water partition coefficient (Wildman–Crippen LogP) is 4.56. The SMILES string of the molecule is Cc1ccc(C(C)C)c(OCC(=O)N2CCc3[nH]c4ccccc4c3C2)c1. The summed E-state index contributed by atoms with van der Waals surface area (Å²) in [6.45, 7) is 7.78. The molecule has 1 aliphatic heterocycles. The molecule has 4 nitrogen and oxygen atoms in total. The summed E-state index contributed by atoms with van der Waals surface area (Å²) in [4.78, 5) is 18.2. The van der Waals surface area contributed by atoms with Crippen molar-refractivity contribution in [1.29, 1.82) is 0 Å². The van der Waals surface area contributed by atoms with Crippen molar-refractivity contribution in [2.24, 2.45) is 0 Å². The van der Waals surface area contributed by atoms with E-state index < -0.39 is 0 Å². The van der Waals surface area contributed by atoms with E-state index in [0.29, 0.717) is 12.5 Å². The van der Waals surface area contributed by atoms with Crippen LogP contribution < -0.4 is 4.74 Å². The number of amides is 1. The van der Waals surface area contributed by atoms with Crippen molar-refractivity contribution in [1.82, 2.24) is 9.88 Å². The molecule has 0 radical (unpaired) electrons. The number of aromatic amines is 1. The fourth-order valence-electron chi connectivity index (χ4n) is 3.85. The Labute approximate surface area is 160 Å². The summed E-state index contributed by atoms with van der Waals surface area (Å²) >= 11 is 0. The molecule has 27 heavy (non-hydrogen) atoms. The van der Waals surface area contributed by atoms with Crippen LogP contribution in [0.3, 0.4) is 0 Å². The van der Waals surface area contributed by atoms with Gasteiger partial charge in [-0.2, -0.15) is 0 Å². The van der Waals surface area contributed by atoms with Gasteiger partial charge in [0, 0.05) is 41.7 Å². The second-order valence-corrected chi connectivity index (χ2v) is 7.68. The van der Waals surface area contributed by atoms with Crippen molar-refractivity contribution in [3.63, 3.8) is 0 Å². The number of carbonyl (C=O) groups excluding carboxylic acids is 1. The lowest BCUT2D eigenvalue weighted by atomic mass is 10.0. The third kappa shape index (κ3) is 3.44. The van der Waals surface area contributed by atoms with Crippen molar-refractivity contribution in [2.75, 3.05) is 13.2 Å². The molecule has 0 bridgehead atoms. The van der Waals surface area contributed by atoms with Crippen molar-refractivity contribution in [3.05, 3.63) is 64.8 Å². The van der Waals surface area contributed by atoms with Gasteiger partial charge in [0.1, 0.15) is 5.75 Å². The largest absolute Gasteiger partial charge is 0.483 e. The number of hydrogen-bond donors (Lipinski definition) is 1. The molecule has 1 amide bonds. The third-order valence-electron chi connectivity index (χ3n) is 5.38. The number of nitrogens with one attached hydrogen (secondary N) is 1. The first kappa shape index (κ1) is 17.7. The molecule has 1 N–H and O–H groups in total. The molecule has 0 saturated heterocycles. The van der Waals surface area contributed by atoms with Gasteiger partial charge in [-0.05, 0) is 36.1 Å². The van der Waals surface area contributed by atoms with Crippen molar-refractivity contribution in [2.45, 2.75) is 39.7 Å². The number of carbonyl (C=O) groups is 1. The summed E-state index contributed by atoms with van der Waals surface area (Å²) in [6, 6.07) is 14.5.